The summed E-state index contributed by atoms with van der Waals surface area (Å²) < 4.78 is 11.0. The van der Waals surface area contributed by atoms with Gasteiger partial charge in [-0.2, -0.15) is 0 Å². The second kappa shape index (κ2) is 5.16. The zero-order valence-electron chi connectivity index (χ0n) is 12.5. The number of ether oxygens (including phenoxy) is 1. The van der Waals surface area contributed by atoms with Crippen LogP contribution in [0.1, 0.15) is 35.9 Å². The van der Waals surface area contributed by atoms with Gasteiger partial charge in [0.1, 0.15) is 17.2 Å². The Morgan fingerprint density at radius 2 is 2.23 bits per heavy atom. The van der Waals surface area contributed by atoms with E-state index in [1.54, 1.807) is 0 Å². The highest BCUT2D eigenvalue weighted by Crippen LogP contribution is 2.35. The molecule has 0 radical (unpaired) electrons. The lowest BCUT2D eigenvalue weighted by molar-refractivity contribution is -0.139. The fourth-order valence-electron chi connectivity index (χ4n) is 3.39. The van der Waals surface area contributed by atoms with Gasteiger partial charge in [-0.25, -0.2) is 0 Å². The van der Waals surface area contributed by atoms with Crippen LogP contribution in [0.3, 0.4) is 0 Å². The van der Waals surface area contributed by atoms with Gasteiger partial charge in [-0.05, 0) is 31.4 Å². The van der Waals surface area contributed by atoms with E-state index in [2.05, 4.69) is 5.16 Å². The molecule has 5 heteroatoms. The average molecular weight is 298 g/mol. The highest BCUT2D eigenvalue weighted by molar-refractivity contribution is 5.83. The number of fused-ring (bicyclic) bond motifs is 1. The first-order valence-electron chi connectivity index (χ1n) is 7.70. The summed E-state index contributed by atoms with van der Waals surface area (Å²) in [6.45, 7) is 2.62. The summed E-state index contributed by atoms with van der Waals surface area (Å²) in [4.78, 5) is 14.7. The number of carbonyl (C=O) groups excluding carboxylic acids is 1. The van der Waals surface area contributed by atoms with Crippen molar-refractivity contribution in [1.29, 1.82) is 0 Å². The van der Waals surface area contributed by atoms with E-state index < -0.39 is 6.10 Å². The van der Waals surface area contributed by atoms with Crippen molar-refractivity contribution in [2.24, 2.45) is 0 Å². The summed E-state index contributed by atoms with van der Waals surface area (Å²) in [5.41, 5.74) is 1.95. The second-order valence-electron chi connectivity index (χ2n) is 5.97. The lowest BCUT2D eigenvalue weighted by Crippen LogP contribution is -2.41. The number of hydrogen-bond donors (Lipinski definition) is 0. The first-order chi connectivity index (χ1) is 10.7. The van der Waals surface area contributed by atoms with Gasteiger partial charge in [0.25, 0.3) is 5.91 Å². The van der Waals surface area contributed by atoms with Crippen LogP contribution in [-0.4, -0.2) is 28.6 Å². The zero-order valence-corrected chi connectivity index (χ0v) is 12.5. The maximum atomic E-state index is 12.8. The lowest BCUT2D eigenvalue weighted by Gasteiger charge is -2.25. The summed E-state index contributed by atoms with van der Waals surface area (Å²) in [5.74, 6) is 1.66. The van der Waals surface area contributed by atoms with Gasteiger partial charge >= 0.3 is 0 Å². The van der Waals surface area contributed by atoms with Gasteiger partial charge in [-0.3, -0.25) is 4.79 Å². The van der Waals surface area contributed by atoms with Crippen LogP contribution >= 0.6 is 0 Å². The third-order valence-electron chi connectivity index (χ3n) is 4.45. The standard InChI is InChI=1S/C17H18N2O3/c1-11-9-13(18-22-11)14-6-4-8-19(14)17(20)16-10-12-5-2-3-7-15(12)21-16/h2-3,5,7,9,14,16H,4,6,8,10H2,1H3. The minimum Gasteiger partial charge on any atom is -0.480 e. The summed E-state index contributed by atoms with van der Waals surface area (Å²) in [6, 6.07) is 9.78. The Hall–Kier alpha value is -2.30. The van der Waals surface area contributed by atoms with Gasteiger partial charge in [-0.15, -0.1) is 0 Å². The smallest absolute Gasteiger partial charge is 0.264 e. The first-order valence-corrected chi connectivity index (χ1v) is 7.70. The summed E-state index contributed by atoms with van der Waals surface area (Å²) in [5, 5.41) is 4.09. The number of aromatic nitrogens is 1. The van der Waals surface area contributed by atoms with Gasteiger partial charge in [0.2, 0.25) is 0 Å². The molecule has 0 bridgehead atoms. The molecule has 2 aromatic rings. The van der Waals surface area contributed by atoms with Gasteiger partial charge in [0.05, 0.1) is 6.04 Å². The minimum atomic E-state index is -0.411. The molecule has 3 heterocycles. The van der Waals surface area contributed by atoms with Crippen LogP contribution in [0.25, 0.3) is 0 Å². The van der Waals surface area contributed by atoms with E-state index in [9.17, 15) is 4.79 Å². The topological polar surface area (TPSA) is 55.6 Å². The Labute approximate surface area is 128 Å². The van der Waals surface area contributed by atoms with Gasteiger partial charge < -0.3 is 14.2 Å². The van der Waals surface area contributed by atoms with Crippen molar-refractivity contribution in [1.82, 2.24) is 10.1 Å². The van der Waals surface area contributed by atoms with E-state index in [1.807, 2.05) is 42.2 Å². The Bertz CT molecular complexity index is 684. The van der Waals surface area contributed by atoms with Crippen molar-refractivity contribution >= 4 is 5.91 Å². The van der Waals surface area contributed by atoms with Crippen LogP contribution < -0.4 is 4.74 Å². The molecular formula is C17H18N2O3. The van der Waals surface area contributed by atoms with Crippen LogP contribution in [0.4, 0.5) is 0 Å². The summed E-state index contributed by atoms with van der Waals surface area (Å²) in [6.07, 6.45) is 2.15. The van der Waals surface area contributed by atoms with Crippen molar-refractivity contribution in [2.75, 3.05) is 6.54 Å². The van der Waals surface area contributed by atoms with Crippen LogP contribution in [0.15, 0.2) is 34.9 Å². The van der Waals surface area contributed by atoms with Crippen LogP contribution in [0.5, 0.6) is 5.75 Å². The number of likely N-dealkylation sites (tertiary alicyclic amines) is 1. The number of nitrogens with zero attached hydrogens (tertiary/aromatic N) is 2. The molecule has 114 valence electrons. The number of hydrogen-bond acceptors (Lipinski definition) is 4. The number of aryl methyl sites for hydroxylation is 1. The molecule has 0 spiro atoms. The van der Waals surface area contributed by atoms with Gasteiger partial charge in [0.15, 0.2) is 6.10 Å². The first kappa shape index (κ1) is 13.4. The molecule has 2 unspecified atom stereocenters. The molecule has 0 N–H and O–H groups in total. The molecule has 2 aliphatic heterocycles. The molecular weight excluding hydrogens is 280 g/mol. The third kappa shape index (κ3) is 2.17. The maximum Gasteiger partial charge on any atom is 0.264 e. The molecule has 2 aliphatic rings. The van der Waals surface area contributed by atoms with Crippen LogP contribution in [0.2, 0.25) is 0 Å². The highest BCUT2D eigenvalue weighted by Gasteiger charge is 2.38. The predicted molar refractivity (Wildman–Crippen MR) is 79.5 cm³/mol. The van der Waals surface area contributed by atoms with Crippen molar-refractivity contribution in [3.8, 4) is 5.75 Å². The molecule has 4 rings (SSSR count). The maximum absolute atomic E-state index is 12.8. The molecule has 1 fully saturated rings. The van der Waals surface area contributed by atoms with E-state index in [1.165, 1.54) is 0 Å². The molecule has 0 aliphatic carbocycles. The molecule has 1 aromatic carbocycles. The van der Waals surface area contributed by atoms with Crippen molar-refractivity contribution < 1.29 is 14.1 Å². The Morgan fingerprint density at radius 3 is 3.00 bits per heavy atom. The van der Waals surface area contributed by atoms with Crippen molar-refractivity contribution in [2.45, 2.75) is 38.3 Å². The normalized spacial score (nSPS) is 23.4. The predicted octanol–water partition coefficient (Wildman–Crippen LogP) is 2.65. The highest BCUT2D eigenvalue weighted by atomic mass is 16.5. The molecule has 0 saturated carbocycles. The molecule has 5 nitrogen and oxygen atoms in total. The SMILES string of the molecule is Cc1cc(C2CCCN2C(=O)C2Cc3ccccc3O2)no1. The molecule has 2 atom stereocenters. The minimum absolute atomic E-state index is 0.0114. The number of rotatable bonds is 2. The van der Waals surface area contributed by atoms with E-state index in [0.29, 0.717) is 6.42 Å². The quantitative estimate of drug-likeness (QED) is 0.855. The largest absolute Gasteiger partial charge is 0.480 e. The number of benzene rings is 1. The van der Waals surface area contributed by atoms with E-state index >= 15 is 0 Å². The molecule has 1 amide bonds. The Kier molecular flexibility index (Phi) is 3.13. The Balaban J connectivity index is 1.53. The van der Waals surface area contributed by atoms with Crippen LogP contribution in [-0.2, 0) is 11.2 Å². The average Bonchev–Trinajstić information content (AvgIpc) is 3.24. The number of para-hydroxylation sites is 1. The number of carbonyl (C=O) groups is 1. The van der Waals surface area contributed by atoms with Crippen LogP contribution in [0, 0.1) is 6.92 Å². The van der Waals surface area contributed by atoms with Gasteiger partial charge in [0, 0.05) is 19.0 Å². The summed E-state index contributed by atoms with van der Waals surface area (Å²) in [7, 11) is 0. The van der Waals surface area contributed by atoms with Gasteiger partial charge in [-0.1, -0.05) is 23.4 Å². The van der Waals surface area contributed by atoms with Crippen molar-refractivity contribution in [3.63, 3.8) is 0 Å². The second-order valence-corrected chi connectivity index (χ2v) is 5.97. The number of amides is 1. The third-order valence-corrected chi connectivity index (χ3v) is 4.45. The summed E-state index contributed by atoms with van der Waals surface area (Å²) >= 11 is 0. The van der Waals surface area contributed by atoms with E-state index in [-0.39, 0.29) is 11.9 Å². The fourth-order valence-corrected chi connectivity index (χ4v) is 3.39. The fraction of sp³-hybridized carbons (Fsp3) is 0.412. The van der Waals surface area contributed by atoms with E-state index in [4.69, 9.17) is 9.26 Å². The lowest BCUT2D eigenvalue weighted by atomic mass is 10.1. The molecule has 1 saturated heterocycles. The zero-order chi connectivity index (χ0) is 15.1. The monoisotopic (exact) mass is 298 g/mol. The Morgan fingerprint density at radius 1 is 1.36 bits per heavy atom. The molecule has 1 aromatic heterocycles. The van der Waals surface area contributed by atoms with Crippen molar-refractivity contribution in [3.05, 3.63) is 47.3 Å². The molecule has 22 heavy (non-hydrogen) atoms. The van der Waals surface area contributed by atoms with E-state index in [0.717, 1.165) is 42.2 Å².